The Bertz CT molecular complexity index is 1650. The zero-order valence-electron chi connectivity index (χ0n) is 22.8. The van der Waals surface area contributed by atoms with Gasteiger partial charge in [0.2, 0.25) is 14.2 Å². The number of sulfone groups is 1. The van der Waals surface area contributed by atoms with Crippen molar-refractivity contribution in [3.8, 4) is 0 Å². The van der Waals surface area contributed by atoms with Crippen LogP contribution in [0, 0.1) is 0 Å². The molecule has 5 aromatic rings. The van der Waals surface area contributed by atoms with E-state index in [0.717, 1.165) is 32.7 Å². The van der Waals surface area contributed by atoms with E-state index in [1.54, 1.807) is 6.07 Å². The highest BCUT2D eigenvalue weighted by Gasteiger charge is 2.53. The molecule has 9 heteroatoms. The molecule has 4 aromatic carbocycles. The van der Waals surface area contributed by atoms with Gasteiger partial charge in [0.25, 0.3) is 0 Å². The van der Waals surface area contributed by atoms with E-state index in [0.29, 0.717) is 12.1 Å². The zero-order valence-corrected chi connectivity index (χ0v) is 24.5. The van der Waals surface area contributed by atoms with Gasteiger partial charge in [-0.2, -0.15) is 0 Å². The SMILES string of the molecule is O=S(=O)(c1nc2ccccc2s1)[C@@H]1O[C@H](COCc2ccccc2)[C@@H](OCc2ccccc2)[C@@H]1OCc1ccccc1. The van der Waals surface area contributed by atoms with Crippen LogP contribution in [-0.2, 0) is 48.6 Å². The first kappa shape index (κ1) is 28.7. The topological polar surface area (TPSA) is 84.0 Å². The van der Waals surface area contributed by atoms with E-state index in [1.165, 1.54) is 0 Å². The quantitative estimate of drug-likeness (QED) is 0.169. The van der Waals surface area contributed by atoms with Gasteiger partial charge in [0.05, 0.1) is 36.6 Å². The van der Waals surface area contributed by atoms with Crippen LogP contribution >= 0.6 is 11.3 Å². The van der Waals surface area contributed by atoms with Crippen LogP contribution in [0.3, 0.4) is 0 Å². The molecule has 1 aromatic heterocycles. The minimum atomic E-state index is -4.06. The third-order valence-electron chi connectivity index (χ3n) is 7.06. The highest BCUT2D eigenvalue weighted by atomic mass is 32.2. The Hall–Kier alpha value is -3.44. The van der Waals surface area contributed by atoms with Crippen molar-refractivity contribution in [1.29, 1.82) is 0 Å². The maximum Gasteiger partial charge on any atom is 0.234 e. The summed E-state index contributed by atoms with van der Waals surface area (Å²) in [6.07, 6.45) is -2.32. The fourth-order valence-corrected chi connectivity index (χ4v) is 7.94. The van der Waals surface area contributed by atoms with Gasteiger partial charge in [-0.15, -0.1) is 11.3 Å². The molecule has 0 amide bonds. The lowest BCUT2D eigenvalue weighted by Crippen LogP contribution is -2.41. The molecule has 1 saturated heterocycles. The fraction of sp³-hybridized carbons (Fsp3) is 0.242. The predicted molar refractivity (Wildman–Crippen MR) is 162 cm³/mol. The number of para-hydroxylation sites is 1. The molecule has 42 heavy (non-hydrogen) atoms. The van der Waals surface area contributed by atoms with Crippen LogP contribution in [0.25, 0.3) is 10.2 Å². The summed E-state index contributed by atoms with van der Waals surface area (Å²) in [6.45, 7) is 0.953. The molecular formula is C33H31NO6S2. The molecule has 2 heterocycles. The number of benzene rings is 4. The number of hydrogen-bond acceptors (Lipinski definition) is 8. The Morgan fingerprint density at radius 2 is 1.19 bits per heavy atom. The Labute approximate surface area is 249 Å². The molecule has 216 valence electrons. The first-order valence-corrected chi connectivity index (χ1v) is 16.1. The second-order valence-corrected chi connectivity index (χ2v) is 13.3. The molecule has 1 aliphatic rings. The molecule has 4 atom stereocenters. The minimum Gasteiger partial charge on any atom is -0.374 e. The minimum absolute atomic E-state index is 0.00493. The summed E-state index contributed by atoms with van der Waals surface area (Å²) >= 11 is 1.13. The Morgan fingerprint density at radius 3 is 1.79 bits per heavy atom. The summed E-state index contributed by atoms with van der Waals surface area (Å²) in [7, 11) is -4.06. The van der Waals surface area contributed by atoms with E-state index in [4.69, 9.17) is 18.9 Å². The van der Waals surface area contributed by atoms with Crippen LogP contribution in [0.2, 0.25) is 0 Å². The van der Waals surface area contributed by atoms with Crippen LogP contribution in [0.5, 0.6) is 0 Å². The maximum atomic E-state index is 14.1. The normalized spacial score (nSPS) is 20.7. The maximum absolute atomic E-state index is 14.1. The lowest BCUT2D eigenvalue weighted by atomic mass is 10.1. The average Bonchev–Trinajstić information content (AvgIpc) is 3.63. The average molecular weight is 602 g/mol. The first-order valence-electron chi connectivity index (χ1n) is 13.8. The third-order valence-corrected chi connectivity index (χ3v) is 10.4. The molecule has 0 saturated carbocycles. The lowest BCUT2D eigenvalue weighted by molar-refractivity contribution is -0.0896. The van der Waals surface area contributed by atoms with Crippen molar-refractivity contribution >= 4 is 31.4 Å². The number of nitrogens with zero attached hydrogens (tertiary/aromatic N) is 1. The standard InChI is InChI=1S/C33H31NO6S2/c35-42(36,33-34-27-18-10-11-19-29(27)41-33)32-31(39-22-26-16-8-3-9-17-26)30(38-21-25-14-6-2-7-15-25)28(40-32)23-37-20-24-12-4-1-5-13-24/h1-19,28,30-32H,20-23H2/t28-,30-,31+,32+/m1/s1. The van der Waals surface area contributed by atoms with Crippen molar-refractivity contribution in [1.82, 2.24) is 4.98 Å². The molecule has 0 N–H and O–H groups in total. The molecule has 0 spiro atoms. The van der Waals surface area contributed by atoms with Gasteiger partial charge in [-0.1, -0.05) is 103 Å². The van der Waals surface area contributed by atoms with Crippen molar-refractivity contribution < 1.29 is 27.4 Å². The summed E-state index contributed by atoms with van der Waals surface area (Å²) in [6, 6.07) is 36.5. The smallest absolute Gasteiger partial charge is 0.234 e. The van der Waals surface area contributed by atoms with Gasteiger partial charge in [0, 0.05) is 0 Å². The van der Waals surface area contributed by atoms with E-state index in [2.05, 4.69) is 4.98 Å². The van der Waals surface area contributed by atoms with Gasteiger partial charge in [0.15, 0.2) is 5.44 Å². The Balaban J connectivity index is 1.30. The highest BCUT2D eigenvalue weighted by molar-refractivity contribution is 7.94. The Kier molecular flexibility index (Phi) is 9.04. The van der Waals surface area contributed by atoms with Gasteiger partial charge in [-0.25, -0.2) is 13.4 Å². The molecule has 0 bridgehead atoms. The van der Waals surface area contributed by atoms with Crippen molar-refractivity contribution in [2.24, 2.45) is 0 Å². The van der Waals surface area contributed by atoms with E-state index in [-0.39, 0.29) is 24.2 Å². The van der Waals surface area contributed by atoms with Crippen LogP contribution < -0.4 is 0 Å². The number of rotatable bonds is 12. The van der Waals surface area contributed by atoms with E-state index in [1.807, 2.05) is 109 Å². The fourth-order valence-electron chi connectivity index (χ4n) is 4.93. The molecule has 0 unspecified atom stereocenters. The predicted octanol–water partition coefficient (Wildman–Crippen LogP) is 6.18. The van der Waals surface area contributed by atoms with Crippen LogP contribution in [0.4, 0.5) is 0 Å². The monoisotopic (exact) mass is 601 g/mol. The number of hydrogen-bond donors (Lipinski definition) is 0. The second kappa shape index (κ2) is 13.2. The molecule has 0 aliphatic carbocycles. The molecule has 7 nitrogen and oxygen atoms in total. The number of aromatic nitrogens is 1. The van der Waals surface area contributed by atoms with Gasteiger partial charge in [-0.3, -0.25) is 0 Å². The summed E-state index contributed by atoms with van der Waals surface area (Å²) < 4.78 is 54.2. The summed E-state index contributed by atoms with van der Waals surface area (Å²) in [5.41, 5.74) is 2.18. The van der Waals surface area contributed by atoms with E-state index >= 15 is 0 Å². The highest BCUT2D eigenvalue weighted by Crippen LogP contribution is 2.37. The van der Waals surface area contributed by atoms with Crippen molar-refractivity contribution in [3.63, 3.8) is 0 Å². The largest absolute Gasteiger partial charge is 0.374 e. The van der Waals surface area contributed by atoms with Crippen LogP contribution in [0.1, 0.15) is 16.7 Å². The van der Waals surface area contributed by atoms with Crippen LogP contribution in [0.15, 0.2) is 120 Å². The Morgan fingerprint density at radius 1 is 0.667 bits per heavy atom. The van der Waals surface area contributed by atoms with Gasteiger partial charge < -0.3 is 18.9 Å². The third kappa shape index (κ3) is 6.62. The molecule has 0 radical (unpaired) electrons. The van der Waals surface area contributed by atoms with Crippen molar-refractivity contribution in [2.75, 3.05) is 6.61 Å². The molecule has 1 aliphatic heterocycles. The van der Waals surface area contributed by atoms with Gasteiger partial charge in [-0.05, 0) is 28.8 Å². The summed E-state index contributed by atoms with van der Waals surface area (Å²) in [5, 5.41) is 0. The van der Waals surface area contributed by atoms with E-state index in [9.17, 15) is 8.42 Å². The molecule has 1 fully saturated rings. The number of thiazole rings is 1. The van der Waals surface area contributed by atoms with Crippen molar-refractivity contribution in [3.05, 3.63) is 132 Å². The lowest BCUT2D eigenvalue weighted by Gasteiger charge is -2.25. The molecule has 6 rings (SSSR count). The zero-order chi connectivity index (χ0) is 28.8. The van der Waals surface area contributed by atoms with Crippen molar-refractivity contribution in [2.45, 2.75) is 47.9 Å². The number of fused-ring (bicyclic) bond motifs is 1. The summed E-state index contributed by atoms with van der Waals surface area (Å²) in [5.74, 6) is 0. The van der Waals surface area contributed by atoms with Gasteiger partial charge in [0.1, 0.15) is 18.3 Å². The molecular weight excluding hydrogens is 570 g/mol. The first-order chi connectivity index (χ1) is 20.6. The van der Waals surface area contributed by atoms with Gasteiger partial charge >= 0.3 is 0 Å². The van der Waals surface area contributed by atoms with Crippen LogP contribution in [-0.4, -0.2) is 43.8 Å². The van der Waals surface area contributed by atoms with E-state index < -0.39 is 33.6 Å². The number of ether oxygens (including phenoxy) is 4. The summed E-state index contributed by atoms with van der Waals surface area (Å²) in [4.78, 5) is 4.45. The second-order valence-electron chi connectivity index (χ2n) is 10.1.